The van der Waals surface area contributed by atoms with Crippen molar-refractivity contribution in [2.45, 2.75) is 36.8 Å². The zero-order valence-corrected chi connectivity index (χ0v) is 9.20. The Kier molecular flexibility index (Phi) is 4.77. The first-order chi connectivity index (χ1) is 5.77. The molecule has 0 saturated heterocycles. The fourth-order valence-electron chi connectivity index (χ4n) is 1.86. The molecule has 0 amide bonds. The Morgan fingerprint density at radius 1 is 1.50 bits per heavy atom. The van der Waals surface area contributed by atoms with Gasteiger partial charge in [0.2, 0.25) is 0 Å². The summed E-state index contributed by atoms with van der Waals surface area (Å²) in [6, 6.07) is 0. The topological polar surface area (TPSA) is 26.0 Å². The molecule has 1 aliphatic carbocycles. The maximum atomic E-state index is 6.09. The van der Waals surface area contributed by atoms with Crippen LogP contribution in [0.15, 0.2) is 0 Å². The monoisotopic (exact) mass is 207 g/mol. The number of nitrogens with two attached hydrogens (primary N) is 1. The fraction of sp³-hybridized carbons (Fsp3) is 1.00. The molecule has 0 aromatic carbocycles. The second-order valence-corrected chi connectivity index (χ2v) is 5.53. The van der Waals surface area contributed by atoms with Gasteiger partial charge in [-0.25, -0.2) is 0 Å². The van der Waals surface area contributed by atoms with E-state index in [1.165, 1.54) is 18.6 Å². The third kappa shape index (κ3) is 2.82. The Bertz CT molecular complexity index is 132. The molecule has 0 spiro atoms. The van der Waals surface area contributed by atoms with Crippen LogP contribution >= 0.6 is 23.4 Å². The highest BCUT2D eigenvalue weighted by Gasteiger charge is 2.28. The molecule has 0 radical (unpaired) electrons. The molecule has 1 rings (SSSR count). The molecular formula is C9H18ClNS. The van der Waals surface area contributed by atoms with Crippen LogP contribution < -0.4 is 5.73 Å². The number of alkyl halides is 1. The predicted octanol–water partition coefficient (Wildman–Crippen LogP) is 2.47. The smallest absolute Gasteiger partial charge is 0.0340 e. The lowest BCUT2D eigenvalue weighted by Crippen LogP contribution is -2.33. The van der Waals surface area contributed by atoms with E-state index in [1.54, 1.807) is 0 Å². The summed E-state index contributed by atoms with van der Waals surface area (Å²) in [6.45, 7) is 3.02. The van der Waals surface area contributed by atoms with Gasteiger partial charge in [0.25, 0.3) is 0 Å². The molecular weight excluding hydrogens is 190 g/mol. The molecule has 0 bridgehead atoms. The summed E-state index contributed by atoms with van der Waals surface area (Å²) in [6.07, 6.45) is 3.56. The van der Waals surface area contributed by atoms with E-state index in [9.17, 15) is 0 Å². The van der Waals surface area contributed by atoms with Crippen LogP contribution in [0.3, 0.4) is 0 Å². The first-order valence-corrected chi connectivity index (χ1v) is 6.22. The van der Waals surface area contributed by atoms with Crippen LogP contribution in [0, 0.1) is 5.92 Å². The van der Waals surface area contributed by atoms with Gasteiger partial charge in [0.05, 0.1) is 0 Å². The Labute approximate surface area is 84.4 Å². The molecule has 1 aliphatic rings. The van der Waals surface area contributed by atoms with Crippen molar-refractivity contribution in [3.8, 4) is 0 Å². The van der Waals surface area contributed by atoms with Crippen molar-refractivity contribution in [2.75, 3.05) is 12.3 Å². The van der Waals surface area contributed by atoms with E-state index in [-0.39, 0.29) is 0 Å². The lowest BCUT2D eigenvalue weighted by atomic mass is 9.88. The zero-order chi connectivity index (χ0) is 8.97. The van der Waals surface area contributed by atoms with Gasteiger partial charge in [-0.05, 0) is 37.5 Å². The van der Waals surface area contributed by atoms with Gasteiger partial charge in [-0.2, -0.15) is 11.8 Å². The minimum Gasteiger partial charge on any atom is -0.330 e. The Morgan fingerprint density at radius 2 is 2.25 bits per heavy atom. The van der Waals surface area contributed by atoms with Crippen LogP contribution in [0.25, 0.3) is 0 Å². The standard InChI is InChI=1S/C9H18ClNS/c1-2-12-9-4-3-8(10)5-7(9)6-11/h7-9H,2-6,11H2,1H3. The second kappa shape index (κ2) is 5.36. The van der Waals surface area contributed by atoms with Crippen LogP contribution in [0.1, 0.15) is 26.2 Å². The average Bonchev–Trinajstić information content (AvgIpc) is 2.08. The van der Waals surface area contributed by atoms with Gasteiger partial charge in [0.15, 0.2) is 0 Å². The summed E-state index contributed by atoms with van der Waals surface area (Å²) in [5, 5.41) is 1.15. The first kappa shape index (κ1) is 10.7. The summed E-state index contributed by atoms with van der Waals surface area (Å²) >= 11 is 8.14. The van der Waals surface area contributed by atoms with E-state index < -0.39 is 0 Å². The lowest BCUT2D eigenvalue weighted by molar-refractivity contribution is 0.383. The minimum absolute atomic E-state index is 0.382. The molecule has 1 nitrogen and oxygen atoms in total. The number of rotatable bonds is 3. The summed E-state index contributed by atoms with van der Waals surface area (Å²) < 4.78 is 0. The fourth-order valence-corrected chi connectivity index (χ4v) is 3.44. The molecule has 1 saturated carbocycles. The molecule has 3 unspecified atom stereocenters. The Balaban J connectivity index is 2.39. The van der Waals surface area contributed by atoms with Gasteiger partial charge in [-0.15, -0.1) is 11.6 Å². The van der Waals surface area contributed by atoms with E-state index in [4.69, 9.17) is 17.3 Å². The van der Waals surface area contributed by atoms with Crippen molar-refractivity contribution in [1.82, 2.24) is 0 Å². The third-order valence-corrected chi connectivity index (χ3v) is 4.31. The lowest BCUT2D eigenvalue weighted by Gasteiger charge is -2.32. The van der Waals surface area contributed by atoms with Crippen molar-refractivity contribution in [1.29, 1.82) is 0 Å². The highest BCUT2D eigenvalue weighted by atomic mass is 35.5. The van der Waals surface area contributed by atoms with Crippen LogP contribution in [0.5, 0.6) is 0 Å². The molecule has 3 heteroatoms. The molecule has 12 heavy (non-hydrogen) atoms. The largest absolute Gasteiger partial charge is 0.330 e. The summed E-state index contributed by atoms with van der Waals surface area (Å²) in [5.41, 5.74) is 5.71. The molecule has 3 atom stereocenters. The van der Waals surface area contributed by atoms with E-state index in [0.717, 1.165) is 18.2 Å². The quantitative estimate of drug-likeness (QED) is 0.720. The van der Waals surface area contributed by atoms with Crippen molar-refractivity contribution < 1.29 is 0 Å². The van der Waals surface area contributed by atoms with Gasteiger partial charge in [0.1, 0.15) is 0 Å². The van der Waals surface area contributed by atoms with Crippen molar-refractivity contribution in [2.24, 2.45) is 11.7 Å². The van der Waals surface area contributed by atoms with Crippen molar-refractivity contribution in [3.05, 3.63) is 0 Å². The Hall–Kier alpha value is 0.600. The van der Waals surface area contributed by atoms with Gasteiger partial charge in [-0.1, -0.05) is 6.92 Å². The normalized spacial score (nSPS) is 36.8. The van der Waals surface area contributed by atoms with Gasteiger partial charge >= 0.3 is 0 Å². The van der Waals surface area contributed by atoms with E-state index in [2.05, 4.69) is 6.92 Å². The van der Waals surface area contributed by atoms with E-state index in [1.807, 2.05) is 11.8 Å². The molecule has 0 aromatic rings. The van der Waals surface area contributed by atoms with Gasteiger partial charge < -0.3 is 5.73 Å². The molecule has 0 aromatic heterocycles. The predicted molar refractivity (Wildman–Crippen MR) is 58.0 cm³/mol. The number of halogens is 1. The second-order valence-electron chi connectivity index (χ2n) is 3.40. The molecule has 0 heterocycles. The summed E-state index contributed by atoms with van der Waals surface area (Å²) in [4.78, 5) is 0. The maximum Gasteiger partial charge on any atom is 0.0340 e. The molecule has 1 fully saturated rings. The highest BCUT2D eigenvalue weighted by molar-refractivity contribution is 7.99. The first-order valence-electron chi connectivity index (χ1n) is 4.73. The van der Waals surface area contributed by atoms with Crippen LogP contribution in [0.4, 0.5) is 0 Å². The van der Waals surface area contributed by atoms with Crippen molar-refractivity contribution >= 4 is 23.4 Å². The van der Waals surface area contributed by atoms with Crippen LogP contribution in [-0.2, 0) is 0 Å². The molecule has 0 aliphatic heterocycles. The van der Waals surface area contributed by atoms with Crippen LogP contribution in [-0.4, -0.2) is 22.9 Å². The minimum atomic E-state index is 0.382. The number of hydrogen-bond acceptors (Lipinski definition) is 2. The summed E-state index contributed by atoms with van der Waals surface area (Å²) in [7, 11) is 0. The maximum absolute atomic E-state index is 6.09. The average molecular weight is 208 g/mol. The van der Waals surface area contributed by atoms with Gasteiger partial charge in [-0.3, -0.25) is 0 Å². The molecule has 2 N–H and O–H groups in total. The van der Waals surface area contributed by atoms with E-state index >= 15 is 0 Å². The zero-order valence-electron chi connectivity index (χ0n) is 7.63. The molecule has 72 valence electrons. The SMILES string of the molecule is CCSC1CCC(Cl)CC1CN. The van der Waals surface area contributed by atoms with E-state index in [0.29, 0.717) is 11.3 Å². The summed E-state index contributed by atoms with van der Waals surface area (Å²) in [5.74, 6) is 1.86. The van der Waals surface area contributed by atoms with Crippen molar-refractivity contribution in [3.63, 3.8) is 0 Å². The number of thioether (sulfide) groups is 1. The number of hydrogen-bond donors (Lipinski definition) is 1. The van der Waals surface area contributed by atoms with Crippen LogP contribution in [0.2, 0.25) is 0 Å². The third-order valence-electron chi connectivity index (χ3n) is 2.53. The Morgan fingerprint density at radius 3 is 2.83 bits per heavy atom. The van der Waals surface area contributed by atoms with Gasteiger partial charge in [0, 0.05) is 10.6 Å². The highest BCUT2D eigenvalue weighted by Crippen LogP contribution is 2.34.